The molecule has 1 aromatic heterocycles. The topological polar surface area (TPSA) is 28.2 Å². The molecule has 0 fully saturated rings. The Morgan fingerprint density at radius 1 is 1.29 bits per heavy atom. The SMILES string of the molecule is CN(CCNC(C)(C)C)CCc1cccnc1. The molecule has 0 radical (unpaired) electrons. The summed E-state index contributed by atoms with van der Waals surface area (Å²) in [7, 11) is 2.17. The molecule has 1 heterocycles. The molecule has 3 nitrogen and oxygen atoms in total. The Morgan fingerprint density at radius 2 is 2.06 bits per heavy atom. The van der Waals surface area contributed by atoms with E-state index in [4.69, 9.17) is 0 Å². The van der Waals surface area contributed by atoms with Crippen LogP contribution in [-0.2, 0) is 6.42 Å². The number of likely N-dealkylation sites (N-methyl/N-ethyl adjacent to an activating group) is 1. The summed E-state index contributed by atoms with van der Waals surface area (Å²) in [6, 6.07) is 4.13. The summed E-state index contributed by atoms with van der Waals surface area (Å²) in [6.45, 7) is 9.79. The molecule has 0 saturated carbocycles. The summed E-state index contributed by atoms with van der Waals surface area (Å²) < 4.78 is 0. The third-order valence-corrected chi connectivity index (χ3v) is 2.65. The van der Waals surface area contributed by atoms with Crippen LogP contribution >= 0.6 is 0 Å². The molecule has 1 N–H and O–H groups in total. The fourth-order valence-corrected chi connectivity index (χ4v) is 1.60. The minimum atomic E-state index is 0.212. The molecule has 0 aliphatic heterocycles. The molecule has 0 aromatic carbocycles. The van der Waals surface area contributed by atoms with Crippen molar-refractivity contribution in [3.8, 4) is 0 Å². The van der Waals surface area contributed by atoms with Crippen molar-refractivity contribution < 1.29 is 0 Å². The minimum absolute atomic E-state index is 0.212. The summed E-state index contributed by atoms with van der Waals surface area (Å²) >= 11 is 0. The second-order valence-corrected chi connectivity index (χ2v) is 5.59. The third kappa shape index (κ3) is 7.08. The van der Waals surface area contributed by atoms with E-state index in [0.29, 0.717) is 0 Å². The number of rotatable bonds is 6. The minimum Gasteiger partial charge on any atom is -0.311 e. The molecule has 0 saturated heterocycles. The number of nitrogens with zero attached hydrogens (tertiary/aromatic N) is 2. The first-order valence-electron chi connectivity index (χ1n) is 6.30. The quantitative estimate of drug-likeness (QED) is 0.817. The zero-order chi connectivity index (χ0) is 12.7. The van der Waals surface area contributed by atoms with E-state index in [-0.39, 0.29) is 5.54 Å². The highest BCUT2D eigenvalue weighted by Crippen LogP contribution is 1.99. The van der Waals surface area contributed by atoms with Crippen LogP contribution in [0, 0.1) is 0 Å². The monoisotopic (exact) mass is 235 g/mol. The molecule has 3 heteroatoms. The highest BCUT2D eigenvalue weighted by Gasteiger charge is 2.08. The summed E-state index contributed by atoms with van der Waals surface area (Å²) in [6.07, 6.45) is 4.83. The molecular formula is C14H25N3. The average Bonchev–Trinajstić information content (AvgIpc) is 2.26. The second kappa shape index (κ2) is 6.72. The number of nitrogens with one attached hydrogen (secondary N) is 1. The van der Waals surface area contributed by atoms with E-state index in [1.165, 1.54) is 5.56 Å². The van der Waals surface area contributed by atoms with Crippen molar-refractivity contribution in [1.29, 1.82) is 0 Å². The van der Waals surface area contributed by atoms with Gasteiger partial charge in [0.05, 0.1) is 0 Å². The highest BCUT2D eigenvalue weighted by molar-refractivity contribution is 5.08. The Balaban J connectivity index is 2.15. The Morgan fingerprint density at radius 3 is 2.65 bits per heavy atom. The molecule has 17 heavy (non-hydrogen) atoms. The van der Waals surface area contributed by atoms with Crippen molar-refractivity contribution in [3.63, 3.8) is 0 Å². The van der Waals surface area contributed by atoms with Crippen LogP contribution in [0.25, 0.3) is 0 Å². The Labute approximate surface area is 105 Å². The molecule has 0 aliphatic rings. The van der Waals surface area contributed by atoms with Crippen LogP contribution in [0.3, 0.4) is 0 Å². The predicted octanol–water partition coefficient (Wildman–Crippen LogP) is 1.94. The van der Waals surface area contributed by atoms with Gasteiger partial charge < -0.3 is 10.2 Å². The van der Waals surface area contributed by atoms with Gasteiger partial charge in [0.2, 0.25) is 0 Å². The maximum absolute atomic E-state index is 4.13. The van der Waals surface area contributed by atoms with Gasteiger partial charge in [-0.2, -0.15) is 0 Å². The van der Waals surface area contributed by atoms with E-state index < -0.39 is 0 Å². The lowest BCUT2D eigenvalue weighted by atomic mass is 10.1. The van der Waals surface area contributed by atoms with Gasteiger partial charge in [-0.05, 0) is 45.9 Å². The van der Waals surface area contributed by atoms with Crippen molar-refractivity contribution in [1.82, 2.24) is 15.2 Å². The molecule has 96 valence electrons. The number of pyridine rings is 1. The van der Waals surface area contributed by atoms with E-state index in [1.54, 1.807) is 0 Å². The fourth-order valence-electron chi connectivity index (χ4n) is 1.60. The maximum Gasteiger partial charge on any atom is 0.0300 e. The van der Waals surface area contributed by atoms with Gasteiger partial charge in [-0.25, -0.2) is 0 Å². The molecule has 1 rings (SSSR count). The second-order valence-electron chi connectivity index (χ2n) is 5.59. The van der Waals surface area contributed by atoms with Crippen LogP contribution in [0.5, 0.6) is 0 Å². The molecule has 1 aromatic rings. The molecule has 0 aliphatic carbocycles. The normalized spacial score (nSPS) is 12.1. The lowest BCUT2D eigenvalue weighted by Gasteiger charge is -2.23. The zero-order valence-electron chi connectivity index (χ0n) is 11.5. The highest BCUT2D eigenvalue weighted by atomic mass is 15.1. The predicted molar refractivity (Wildman–Crippen MR) is 73.2 cm³/mol. The van der Waals surface area contributed by atoms with Crippen LogP contribution in [0.15, 0.2) is 24.5 Å². The van der Waals surface area contributed by atoms with Gasteiger partial charge >= 0.3 is 0 Å². The standard InChI is InChI=1S/C14H25N3/c1-14(2,3)16-9-11-17(4)10-7-13-6-5-8-15-12-13/h5-6,8,12,16H,7,9-11H2,1-4H3. The summed E-state index contributed by atoms with van der Waals surface area (Å²) in [5.41, 5.74) is 1.52. The zero-order valence-corrected chi connectivity index (χ0v) is 11.5. The number of hydrogen-bond donors (Lipinski definition) is 1. The molecule has 0 amide bonds. The largest absolute Gasteiger partial charge is 0.311 e. The number of hydrogen-bond acceptors (Lipinski definition) is 3. The summed E-state index contributed by atoms with van der Waals surface area (Å²) in [5.74, 6) is 0. The molecule has 0 unspecified atom stereocenters. The first-order chi connectivity index (χ1) is 7.97. The van der Waals surface area contributed by atoms with E-state index in [0.717, 1.165) is 26.1 Å². The fraction of sp³-hybridized carbons (Fsp3) is 0.643. The van der Waals surface area contributed by atoms with Crippen molar-refractivity contribution in [2.24, 2.45) is 0 Å². The maximum atomic E-state index is 4.13. The molecular weight excluding hydrogens is 210 g/mol. The third-order valence-electron chi connectivity index (χ3n) is 2.65. The number of aromatic nitrogens is 1. The summed E-state index contributed by atoms with van der Waals surface area (Å²) in [4.78, 5) is 6.48. The van der Waals surface area contributed by atoms with Crippen molar-refractivity contribution in [2.75, 3.05) is 26.7 Å². The van der Waals surface area contributed by atoms with Gasteiger partial charge in [0, 0.05) is 37.6 Å². The van der Waals surface area contributed by atoms with Crippen LogP contribution in [-0.4, -0.2) is 42.1 Å². The van der Waals surface area contributed by atoms with Gasteiger partial charge in [0.25, 0.3) is 0 Å². The molecule has 0 bridgehead atoms. The van der Waals surface area contributed by atoms with Crippen molar-refractivity contribution in [2.45, 2.75) is 32.7 Å². The van der Waals surface area contributed by atoms with Crippen LogP contribution < -0.4 is 5.32 Å². The first-order valence-corrected chi connectivity index (χ1v) is 6.30. The van der Waals surface area contributed by atoms with Gasteiger partial charge in [0.1, 0.15) is 0 Å². The molecule has 0 spiro atoms. The van der Waals surface area contributed by atoms with Gasteiger partial charge in [-0.3, -0.25) is 4.98 Å². The van der Waals surface area contributed by atoms with Crippen molar-refractivity contribution >= 4 is 0 Å². The Bertz CT molecular complexity index is 303. The van der Waals surface area contributed by atoms with Crippen LogP contribution in [0.4, 0.5) is 0 Å². The lowest BCUT2D eigenvalue weighted by Crippen LogP contribution is -2.40. The lowest BCUT2D eigenvalue weighted by molar-refractivity contribution is 0.312. The van der Waals surface area contributed by atoms with Gasteiger partial charge in [-0.1, -0.05) is 6.07 Å². The van der Waals surface area contributed by atoms with Gasteiger partial charge in [0.15, 0.2) is 0 Å². The van der Waals surface area contributed by atoms with Gasteiger partial charge in [-0.15, -0.1) is 0 Å². The van der Waals surface area contributed by atoms with E-state index in [1.807, 2.05) is 18.5 Å². The average molecular weight is 235 g/mol. The van der Waals surface area contributed by atoms with Crippen LogP contribution in [0.2, 0.25) is 0 Å². The molecule has 0 atom stereocenters. The van der Waals surface area contributed by atoms with Crippen LogP contribution in [0.1, 0.15) is 26.3 Å². The first kappa shape index (κ1) is 14.1. The smallest absolute Gasteiger partial charge is 0.0300 e. The van der Waals surface area contributed by atoms with Crippen molar-refractivity contribution in [3.05, 3.63) is 30.1 Å². The van der Waals surface area contributed by atoms with E-state index in [9.17, 15) is 0 Å². The Kier molecular flexibility index (Phi) is 5.59. The van der Waals surface area contributed by atoms with E-state index >= 15 is 0 Å². The summed E-state index contributed by atoms with van der Waals surface area (Å²) in [5, 5.41) is 3.50. The van der Waals surface area contributed by atoms with E-state index in [2.05, 4.69) is 49.1 Å². The Hall–Kier alpha value is -0.930.